The van der Waals surface area contributed by atoms with Crippen molar-refractivity contribution in [3.05, 3.63) is 64.8 Å². The van der Waals surface area contributed by atoms with Crippen LogP contribution in [0.15, 0.2) is 59.2 Å². The summed E-state index contributed by atoms with van der Waals surface area (Å²) in [6.07, 6.45) is 1.77. The van der Waals surface area contributed by atoms with E-state index in [2.05, 4.69) is 32.3 Å². The first-order valence-electron chi connectivity index (χ1n) is 6.36. The lowest BCUT2D eigenvalue weighted by Gasteiger charge is -2.12. The maximum absolute atomic E-state index is 6.21. The van der Waals surface area contributed by atoms with E-state index in [4.69, 9.17) is 5.73 Å². The zero-order valence-corrected chi connectivity index (χ0v) is 12.4. The summed E-state index contributed by atoms with van der Waals surface area (Å²) in [4.78, 5) is 4.30. The van der Waals surface area contributed by atoms with E-state index in [1.807, 2.05) is 42.5 Å². The summed E-state index contributed by atoms with van der Waals surface area (Å²) in [5, 5.41) is 4.36. The van der Waals surface area contributed by atoms with E-state index in [0.717, 1.165) is 33.3 Å². The monoisotopic (exact) mass is 327 g/mol. The van der Waals surface area contributed by atoms with E-state index in [-0.39, 0.29) is 0 Å². The molecular weight excluding hydrogens is 314 g/mol. The number of hydrogen-bond donors (Lipinski definition) is 2. The molecule has 0 bridgehead atoms. The predicted octanol–water partition coefficient (Wildman–Crippen LogP) is 4.19. The second-order valence-corrected chi connectivity index (χ2v) is 5.40. The third-order valence-electron chi connectivity index (χ3n) is 3.25. The quantitative estimate of drug-likeness (QED) is 0.709. The minimum Gasteiger partial charge on any atom is -0.397 e. The fourth-order valence-corrected chi connectivity index (χ4v) is 2.59. The van der Waals surface area contributed by atoms with Gasteiger partial charge in [0.05, 0.1) is 16.9 Å². The molecule has 100 valence electrons. The Morgan fingerprint density at radius 3 is 2.75 bits per heavy atom. The van der Waals surface area contributed by atoms with Crippen molar-refractivity contribution in [1.29, 1.82) is 0 Å². The average molecular weight is 328 g/mol. The van der Waals surface area contributed by atoms with Crippen LogP contribution in [0.1, 0.15) is 5.56 Å². The SMILES string of the molecule is Nc1c(NCc2ccccc2Br)ccc2ncccc12. The number of halogens is 1. The number of nitrogens with one attached hydrogen (secondary N) is 1. The highest BCUT2D eigenvalue weighted by Crippen LogP contribution is 2.28. The van der Waals surface area contributed by atoms with Gasteiger partial charge >= 0.3 is 0 Å². The van der Waals surface area contributed by atoms with Gasteiger partial charge in [-0.05, 0) is 35.9 Å². The Bertz CT molecular complexity index is 756. The van der Waals surface area contributed by atoms with Gasteiger partial charge in [-0.25, -0.2) is 0 Å². The zero-order valence-electron chi connectivity index (χ0n) is 10.8. The highest BCUT2D eigenvalue weighted by molar-refractivity contribution is 9.10. The van der Waals surface area contributed by atoms with E-state index in [9.17, 15) is 0 Å². The largest absolute Gasteiger partial charge is 0.397 e. The summed E-state index contributed by atoms with van der Waals surface area (Å²) < 4.78 is 1.09. The van der Waals surface area contributed by atoms with Crippen LogP contribution in [0.5, 0.6) is 0 Å². The average Bonchev–Trinajstić information content (AvgIpc) is 2.48. The van der Waals surface area contributed by atoms with Crippen LogP contribution in [0, 0.1) is 0 Å². The second-order valence-electron chi connectivity index (χ2n) is 4.54. The molecule has 0 saturated carbocycles. The van der Waals surface area contributed by atoms with Crippen molar-refractivity contribution in [3.63, 3.8) is 0 Å². The molecule has 0 unspecified atom stereocenters. The van der Waals surface area contributed by atoms with Crippen LogP contribution in [0.25, 0.3) is 10.9 Å². The zero-order chi connectivity index (χ0) is 13.9. The van der Waals surface area contributed by atoms with E-state index < -0.39 is 0 Å². The van der Waals surface area contributed by atoms with Crippen LogP contribution in [0.4, 0.5) is 11.4 Å². The van der Waals surface area contributed by atoms with Gasteiger partial charge < -0.3 is 11.1 Å². The van der Waals surface area contributed by atoms with Crippen molar-refractivity contribution < 1.29 is 0 Å². The Morgan fingerprint density at radius 2 is 1.90 bits per heavy atom. The lowest BCUT2D eigenvalue weighted by molar-refractivity contribution is 1.14. The van der Waals surface area contributed by atoms with Crippen LogP contribution in [-0.2, 0) is 6.54 Å². The van der Waals surface area contributed by atoms with Gasteiger partial charge in [-0.1, -0.05) is 34.1 Å². The lowest BCUT2D eigenvalue weighted by atomic mass is 10.1. The number of hydrogen-bond acceptors (Lipinski definition) is 3. The Morgan fingerprint density at radius 1 is 1.05 bits per heavy atom. The summed E-state index contributed by atoms with van der Waals surface area (Å²) in [5.41, 5.74) is 9.98. The van der Waals surface area contributed by atoms with Crippen molar-refractivity contribution in [3.8, 4) is 0 Å². The molecule has 3 aromatic rings. The minimum absolute atomic E-state index is 0.720. The van der Waals surface area contributed by atoms with Gasteiger partial charge in [-0.2, -0.15) is 0 Å². The molecule has 20 heavy (non-hydrogen) atoms. The van der Waals surface area contributed by atoms with E-state index >= 15 is 0 Å². The van der Waals surface area contributed by atoms with E-state index in [0.29, 0.717) is 0 Å². The summed E-state index contributed by atoms with van der Waals surface area (Å²) in [6.45, 7) is 0.720. The minimum atomic E-state index is 0.720. The van der Waals surface area contributed by atoms with Crippen molar-refractivity contribution >= 4 is 38.2 Å². The fraction of sp³-hybridized carbons (Fsp3) is 0.0625. The number of nitrogen functional groups attached to an aromatic ring is 1. The van der Waals surface area contributed by atoms with Crippen LogP contribution < -0.4 is 11.1 Å². The maximum atomic E-state index is 6.21. The Balaban J connectivity index is 1.88. The number of pyridine rings is 1. The van der Waals surface area contributed by atoms with Crippen LogP contribution in [0.3, 0.4) is 0 Å². The van der Waals surface area contributed by atoms with Gasteiger partial charge in [-0.3, -0.25) is 4.98 Å². The molecule has 0 aliphatic rings. The summed E-state index contributed by atoms with van der Waals surface area (Å²) in [7, 11) is 0. The van der Waals surface area contributed by atoms with E-state index in [1.165, 1.54) is 5.56 Å². The molecule has 0 atom stereocenters. The Kier molecular flexibility index (Phi) is 3.56. The molecule has 0 radical (unpaired) electrons. The number of benzene rings is 2. The molecule has 0 saturated heterocycles. The Hall–Kier alpha value is -2.07. The molecule has 0 amide bonds. The Labute approximate surface area is 126 Å². The molecule has 3 rings (SSSR count). The van der Waals surface area contributed by atoms with Gasteiger partial charge in [-0.15, -0.1) is 0 Å². The summed E-state index contributed by atoms with van der Waals surface area (Å²) >= 11 is 3.55. The highest BCUT2D eigenvalue weighted by Gasteiger charge is 2.05. The van der Waals surface area contributed by atoms with Crippen molar-refractivity contribution in [2.45, 2.75) is 6.54 Å². The van der Waals surface area contributed by atoms with E-state index in [1.54, 1.807) is 6.20 Å². The third-order valence-corrected chi connectivity index (χ3v) is 4.03. The predicted molar refractivity (Wildman–Crippen MR) is 87.6 cm³/mol. The molecule has 0 aliphatic carbocycles. The summed E-state index contributed by atoms with van der Waals surface area (Å²) in [6, 6.07) is 16.0. The molecule has 0 spiro atoms. The number of fused-ring (bicyclic) bond motifs is 1. The van der Waals surface area contributed by atoms with Gasteiger partial charge in [0.2, 0.25) is 0 Å². The molecule has 0 fully saturated rings. The van der Waals surface area contributed by atoms with Crippen molar-refractivity contribution in [2.24, 2.45) is 0 Å². The first kappa shape index (κ1) is 12.9. The number of nitrogens with two attached hydrogens (primary N) is 1. The van der Waals surface area contributed by atoms with Gasteiger partial charge in [0, 0.05) is 22.6 Å². The third kappa shape index (κ3) is 2.47. The molecule has 2 aromatic carbocycles. The van der Waals surface area contributed by atoms with Gasteiger partial charge in [0.25, 0.3) is 0 Å². The highest BCUT2D eigenvalue weighted by atomic mass is 79.9. The maximum Gasteiger partial charge on any atom is 0.0724 e. The molecule has 3 N–H and O–H groups in total. The molecule has 0 aliphatic heterocycles. The molecular formula is C16H14BrN3. The molecule has 4 heteroatoms. The summed E-state index contributed by atoms with van der Waals surface area (Å²) in [5.74, 6) is 0. The normalized spacial score (nSPS) is 10.7. The first-order chi connectivity index (χ1) is 9.75. The fourth-order valence-electron chi connectivity index (χ4n) is 2.16. The van der Waals surface area contributed by atoms with Crippen LogP contribution in [0.2, 0.25) is 0 Å². The number of anilines is 2. The topological polar surface area (TPSA) is 50.9 Å². The molecule has 1 heterocycles. The van der Waals surface area contributed by atoms with Gasteiger partial charge in [0.1, 0.15) is 0 Å². The first-order valence-corrected chi connectivity index (χ1v) is 7.15. The van der Waals surface area contributed by atoms with Crippen LogP contribution in [-0.4, -0.2) is 4.98 Å². The van der Waals surface area contributed by atoms with Crippen molar-refractivity contribution in [1.82, 2.24) is 4.98 Å². The standard InChI is InChI=1S/C16H14BrN3/c17-13-6-2-1-4-11(13)10-20-15-8-7-14-12(16(15)18)5-3-9-19-14/h1-9,20H,10,18H2. The molecule has 1 aromatic heterocycles. The smallest absolute Gasteiger partial charge is 0.0724 e. The van der Waals surface area contributed by atoms with Crippen LogP contribution >= 0.6 is 15.9 Å². The van der Waals surface area contributed by atoms with Gasteiger partial charge in [0.15, 0.2) is 0 Å². The van der Waals surface area contributed by atoms with Crippen molar-refractivity contribution in [2.75, 3.05) is 11.1 Å². The molecule has 3 nitrogen and oxygen atoms in total. The number of rotatable bonds is 3. The number of nitrogens with zero attached hydrogens (tertiary/aromatic N) is 1. The number of aromatic nitrogens is 1. The lowest BCUT2D eigenvalue weighted by Crippen LogP contribution is -2.03. The second kappa shape index (κ2) is 5.51.